The number of rotatable bonds is 2. The molecule has 7 nitrogen and oxygen atoms in total. The van der Waals surface area contributed by atoms with E-state index in [0.29, 0.717) is 0 Å². The van der Waals surface area contributed by atoms with Crippen molar-refractivity contribution in [2.75, 3.05) is 5.84 Å². The highest BCUT2D eigenvalue weighted by molar-refractivity contribution is 5.81. The Morgan fingerprint density at radius 2 is 1.75 bits per heavy atom. The van der Waals surface area contributed by atoms with Gasteiger partial charge in [-0.05, 0) is 18.2 Å². The quantitative estimate of drug-likeness (QED) is 0.396. The van der Waals surface area contributed by atoms with Gasteiger partial charge < -0.3 is 5.84 Å². The lowest BCUT2D eigenvalue weighted by Gasteiger charge is -2.15. The van der Waals surface area contributed by atoms with Gasteiger partial charge in [-0.3, -0.25) is 14.2 Å². The first kappa shape index (κ1) is 19.0. The lowest BCUT2D eigenvalue weighted by atomic mass is 10.1. The van der Waals surface area contributed by atoms with Gasteiger partial charge in [0, 0.05) is 17.5 Å². The molecule has 2 aromatic heterocycles. The summed E-state index contributed by atoms with van der Waals surface area (Å²) in [7, 11) is 0. The largest absolute Gasteiger partial charge is 0.433 e. The number of hydrogen-bond donors (Lipinski definition) is 1. The molecule has 2 N–H and O–H groups in total. The zero-order valence-corrected chi connectivity index (χ0v) is 13.8. The average molecular weight is 394 g/mol. The minimum atomic E-state index is -5.07. The van der Waals surface area contributed by atoms with Crippen LogP contribution in [-0.4, -0.2) is 13.8 Å². The van der Waals surface area contributed by atoms with Crippen LogP contribution >= 0.6 is 0 Å². The van der Waals surface area contributed by atoms with E-state index in [-0.39, 0.29) is 32.8 Å². The van der Waals surface area contributed by atoms with Crippen LogP contribution in [0.2, 0.25) is 0 Å². The summed E-state index contributed by atoms with van der Waals surface area (Å²) in [6, 6.07) is 4.41. The van der Waals surface area contributed by atoms with E-state index >= 15 is 0 Å². The van der Waals surface area contributed by atoms with E-state index < -0.39 is 40.2 Å². The fourth-order valence-electron chi connectivity index (χ4n) is 2.73. The highest BCUT2D eigenvalue weighted by Crippen LogP contribution is 2.27. The number of terminal acetylenes is 1. The van der Waals surface area contributed by atoms with Crippen LogP contribution in [0.4, 0.5) is 17.6 Å². The molecule has 0 fully saturated rings. The van der Waals surface area contributed by atoms with Crippen molar-refractivity contribution in [2.24, 2.45) is 0 Å². The molecule has 0 spiro atoms. The smallest absolute Gasteiger partial charge is 0.335 e. The first-order chi connectivity index (χ1) is 13.1. The molecule has 0 aliphatic heterocycles. The van der Waals surface area contributed by atoms with Crippen molar-refractivity contribution < 1.29 is 17.6 Å². The maximum absolute atomic E-state index is 14.6. The van der Waals surface area contributed by atoms with Crippen molar-refractivity contribution in [2.45, 2.75) is 12.7 Å². The minimum Gasteiger partial charge on any atom is -0.335 e. The molecule has 0 saturated heterocycles. The van der Waals surface area contributed by atoms with Gasteiger partial charge in [0.1, 0.15) is 5.82 Å². The minimum absolute atomic E-state index is 0.0740. The summed E-state index contributed by atoms with van der Waals surface area (Å²) in [5, 5.41) is 0.226. The van der Waals surface area contributed by atoms with Crippen molar-refractivity contribution in [1.29, 1.82) is 0 Å². The van der Waals surface area contributed by atoms with Crippen molar-refractivity contribution in [3.8, 4) is 18.0 Å². The summed E-state index contributed by atoms with van der Waals surface area (Å²) in [5.41, 5.74) is -5.87. The van der Waals surface area contributed by atoms with E-state index in [1.165, 1.54) is 6.07 Å². The molecular formula is C17H10F4N4O3. The van der Waals surface area contributed by atoms with Crippen LogP contribution < -0.4 is 22.7 Å². The second-order valence-corrected chi connectivity index (χ2v) is 5.68. The van der Waals surface area contributed by atoms with Gasteiger partial charge in [-0.15, -0.1) is 6.42 Å². The number of nitrogen functional groups attached to an aromatic ring is 1. The molecule has 0 saturated carbocycles. The molecule has 0 atom stereocenters. The summed E-state index contributed by atoms with van der Waals surface area (Å²) in [4.78, 5) is 36.4. The van der Waals surface area contributed by atoms with Crippen LogP contribution in [0.1, 0.15) is 5.69 Å². The zero-order chi connectivity index (χ0) is 20.8. The second-order valence-electron chi connectivity index (χ2n) is 5.68. The monoisotopic (exact) mass is 394 g/mol. The first-order valence-electron chi connectivity index (χ1n) is 7.54. The van der Waals surface area contributed by atoms with Gasteiger partial charge in [0.05, 0.1) is 17.7 Å². The number of nitrogens with two attached hydrogens (primary N) is 1. The molecule has 2 heterocycles. The van der Waals surface area contributed by atoms with Crippen LogP contribution in [-0.2, 0) is 12.7 Å². The maximum atomic E-state index is 14.6. The van der Waals surface area contributed by atoms with Gasteiger partial charge in [-0.2, -0.15) is 13.2 Å². The Labute approximate surface area is 152 Å². The van der Waals surface area contributed by atoms with Crippen LogP contribution in [0.5, 0.6) is 0 Å². The molecule has 3 rings (SSSR count). The fraction of sp³-hybridized carbons (Fsp3) is 0.118. The Kier molecular flexibility index (Phi) is 4.35. The lowest BCUT2D eigenvalue weighted by Crippen LogP contribution is -2.45. The molecule has 3 aromatic rings. The third-order valence-corrected chi connectivity index (χ3v) is 3.98. The third kappa shape index (κ3) is 2.94. The normalized spacial score (nSPS) is 11.5. The molecule has 144 valence electrons. The SMILES string of the molecule is C#CCn1c(=O)ccc2cc(F)c(-n3c(=O)cc(C(F)(F)F)n(N)c3=O)cc21. The lowest BCUT2D eigenvalue weighted by molar-refractivity contribution is -0.143. The Morgan fingerprint density at radius 1 is 1.07 bits per heavy atom. The van der Waals surface area contributed by atoms with Crippen LogP contribution in [0, 0.1) is 18.2 Å². The van der Waals surface area contributed by atoms with E-state index in [4.69, 9.17) is 12.3 Å². The molecule has 0 bridgehead atoms. The number of nitrogens with zero attached hydrogens (tertiary/aromatic N) is 3. The highest BCUT2D eigenvalue weighted by atomic mass is 19.4. The molecule has 11 heteroatoms. The summed E-state index contributed by atoms with van der Waals surface area (Å²) in [6.45, 7) is -0.190. The van der Waals surface area contributed by atoms with E-state index in [2.05, 4.69) is 5.92 Å². The van der Waals surface area contributed by atoms with Gasteiger partial charge in [0.2, 0.25) is 0 Å². The highest BCUT2D eigenvalue weighted by Gasteiger charge is 2.36. The second kappa shape index (κ2) is 6.41. The Hall–Kier alpha value is -3.81. The van der Waals surface area contributed by atoms with Crippen LogP contribution in [0.25, 0.3) is 16.6 Å². The molecule has 28 heavy (non-hydrogen) atoms. The van der Waals surface area contributed by atoms with E-state index in [0.717, 1.165) is 22.8 Å². The number of aromatic nitrogens is 3. The van der Waals surface area contributed by atoms with Gasteiger partial charge >= 0.3 is 11.9 Å². The van der Waals surface area contributed by atoms with Crippen LogP contribution in [0.3, 0.4) is 0 Å². The number of hydrogen-bond acceptors (Lipinski definition) is 4. The molecular weight excluding hydrogens is 384 g/mol. The topological polar surface area (TPSA) is 92.0 Å². The van der Waals surface area contributed by atoms with Gasteiger partial charge in [0.25, 0.3) is 11.1 Å². The predicted octanol–water partition coefficient (Wildman–Crippen LogP) is 0.819. The summed E-state index contributed by atoms with van der Waals surface area (Å²) >= 11 is 0. The Balaban J connectivity index is 2.41. The Morgan fingerprint density at radius 3 is 2.36 bits per heavy atom. The number of benzene rings is 1. The first-order valence-corrected chi connectivity index (χ1v) is 7.54. The van der Waals surface area contributed by atoms with Crippen molar-refractivity contribution in [3.63, 3.8) is 0 Å². The molecule has 0 aliphatic rings. The number of pyridine rings is 1. The van der Waals surface area contributed by atoms with Crippen molar-refractivity contribution >= 4 is 10.9 Å². The average Bonchev–Trinajstić information content (AvgIpc) is 2.60. The summed E-state index contributed by atoms with van der Waals surface area (Å²) in [5.74, 6) is 6.31. The molecule has 0 unspecified atom stereocenters. The maximum Gasteiger partial charge on any atom is 0.433 e. The predicted molar refractivity (Wildman–Crippen MR) is 92.0 cm³/mol. The van der Waals surface area contributed by atoms with E-state index in [9.17, 15) is 31.9 Å². The Bertz CT molecular complexity index is 1330. The van der Waals surface area contributed by atoms with Crippen molar-refractivity contribution in [1.82, 2.24) is 13.8 Å². The third-order valence-electron chi connectivity index (χ3n) is 3.98. The standard InChI is InChI=1S/C17H10F4N4O3/c1-2-5-23-11-7-12(10(18)6-9(11)3-4-14(23)26)24-15(27)8-13(17(19,20)21)25(22)16(24)28/h1,3-4,6-8H,5,22H2. The molecule has 0 amide bonds. The van der Waals surface area contributed by atoms with Gasteiger partial charge in [-0.25, -0.2) is 18.4 Å². The van der Waals surface area contributed by atoms with Crippen molar-refractivity contribution in [3.05, 3.63) is 73.0 Å². The van der Waals surface area contributed by atoms with Gasteiger partial charge in [-0.1, -0.05) is 5.92 Å². The van der Waals surface area contributed by atoms with Crippen LogP contribution in [0.15, 0.2) is 44.7 Å². The number of halogens is 4. The molecule has 1 aromatic carbocycles. The fourth-order valence-corrected chi connectivity index (χ4v) is 2.73. The number of fused-ring (bicyclic) bond motifs is 1. The molecule has 0 aliphatic carbocycles. The van der Waals surface area contributed by atoms with E-state index in [1.807, 2.05) is 0 Å². The molecule has 0 radical (unpaired) electrons. The van der Waals surface area contributed by atoms with E-state index in [1.54, 1.807) is 0 Å². The summed E-state index contributed by atoms with van der Waals surface area (Å²) < 4.78 is 54.1. The summed E-state index contributed by atoms with van der Waals surface area (Å²) in [6.07, 6.45) is 0.142. The number of alkyl halides is 3. The zero-order valence-electron chi connectivity index (χ0n) is 13.8. The van der Waals surface area contributed by atoms with Gasteiger partial charge in [0.15, 0.2) is 5.69 Å².